The summed E-state index contributed by atoms with van der Waals surface area (Å²) >= 11 is 8.22. The minimum atomic E-state index is 0.469. The van der Waals surface area contributed by atoms with Crippen molar-refractivity contribution in [3.63, 3.8) is 0 Å². The van der Waals surface area contributed by atoms with E-state index in [0.717, 1.165) is 36.0 Å². The van der Waals surface area contributed by atoms with Gasteiger partial charge >= 0.3 is 0 Å². The Balaban J connectivity index is 2.26. The van der Waals surface area contributed by atoms with Crippen LogP contribution in [0.1, 0.15) is 5.56 Å². The Morgan fingerprint density at radius 2 is 2.20 bits per heavy atom. The summed E-state index contributed by atoms with van der Waals surface area (Å²) < 4.78 is 0. The van der Waals surface area contributed by atoms with E-state index in [1.54, 1.807) is 6.20 Å². The number of hydrogen-bond donors (Lipinski definition) is 1. The maximum atomic E-state index is 6.25. The van der Waals surface area contributed by atoms with Crippen molar-refractivity contribution in [3.05, 3.63) is 22.8 Å². The number of pyridine rings is 1. The second-order valence-corrected chi connectivity index (χ2v) is 5.01. The molecule has 0 bridgehead atoms. The average molecular weight is 244 g/mol. The third-order valence-electron chi connectivity index (χ3n) is 2.48. The number of nitrogens with zero attached hydrogens (tertiary/aromatic N) is 2. The molecule has 82 valence electrons. The normalized spacial score (nSPS) is 16.8. The van der Waals surface area contributed by atoms with E-state index in [9.17, 15) is 0 Å². The van der Waals surface area contributed by atoms with Gasteiger partial charge in [-0.05, 0) is 11.6 Å². The molecule has 0 spiro atoms. The Hall–Kier alpha value is -0.450. The van der Waals surface area contributed by atoms with E-state index in [1.807, 2.05) is 17.8 Å². The van der Waals surface area contributed by atoms with Crippen molar-refractivity contribution in [1.29, 1.82) is 0 Å². The molecule has 2 N–H and O–H groups in total. The van der Waals surface area contributed by atoms with Crippen LogP contribution in [0.4, 0.5) is 5.82 Å². The third-order valence-corrected chi connectivity index (χ3v) is 3.84. The van der Waals surface area contributed by atoms with Crippen LogP contribution in [0, 0.1) is 0 Å². The molecule has 0 unspecified atom stereocenters. The first-order valence-electron chi connectivity index (χ1n) is 4.99. The summed E-state index contributed by atoms with van der Waals surface area (Å²) in [5, 5.41) is 0.715. The first-order chi connectivity index (χ1) is 7.33. The van der Waals surface area contributed by atoms with E-state index in [4.69, 9.17) is 17.3 Å². The molecule has 0 amide bonds. The molecule has 0 saturated carbocycles. The van der Waals surface area contributed by atoms with Crippen molar-refractivity contribution in [3.8, 4) is 0 Å². The smallest absolute Gasteiger partial charge is 0.147 e. The van der Waals surface area contributed by atoms with Gasteiger partial charge in [-0.25, -0.2) is 4.98 Å². The highest BCUT2D eigenvalue weighted by atomic mass is 35.5. The summed E-state index contributed by atoms with van der Waals surface area (Å²) in [6.45, 7) is 2.51. The van der Waals surface area contributed by atoms with Crippen LogP contribution < -0.4 is 10.6 Å². The van der Waals surface area contributed by atoms with Crippen LogP contribution in [0.5, 0.6) is 0 Å². The van der Waals surface area contributed by atoms with Gasteiger partial charge in [0.05, 0.1) is 5.02 Å². The molecule has 1 aliphatic rings. The minimum absolute atomic E-state index is 0.469. The van der Waals surface area contributed by atoms with Crippen molar-refractivity contribution >= 4 is 29.2 Å². The van der Waals surface area contributed by atoms with E-state index >= 15 is 0 Å². The summed E-state index contributed by atoms with van der Waals surface area (Å²) in [5.74, 6) is 3.18. The highest BCUT2D eigenvalue weighted by molar-refractivity contribution is 7.99. The van der Waals surface area contributed by atoms with Crippen molar-refractivity contribution in [1.82, 2.24) is 4.98 Å². The lowest BCUT2D eigenvalue weighted by Gasteiger charge is -2.28. The molecule has 1 saturated heterocycles. The lowest BCUT2D eigenvalue weighted by molar-refractivity contribution is 0.836. The molecular weight excluding hydrogens is 230 g/mol. The molecule has 2 heterocycles. The number of thioether (sulfide) groups is 1. The van der Waals surface area contributed by atoms with E-state index in [0.29, 0.717) is 11.6 Å². The molecular formula is C10H14ClN3S. The molecule has 0 radical (unpaired) electrons. The fourth-order valence-corrected chi connectivity index (χ4v) is 2.84. The highest BCUT2D eigenvalue weighted by Gasteiger charge is 2.16. The zero-order valence-electron chi connectivity index (χ0n) is 8.45. The summed E-state index contributed by atoms with van der Waals surface area (Å²) in [7, 11) is 0. The first-order valence-corrected chi connectivity index (χ1v) is 6.52. The highest BCUT2D eigenvalue weighted by Crippen LogP contribution is 2.28. The Kier molecular flexibility index (Phi) is 3.72. The molecule has 5 heteroatoms. The number of anilines is 1. The maximum absolute atomic E-state index is 6.25. The molecule has 0 atom stereocenters. The first kappa shape index (κ1) is 11.0. The zero-order valence-corrected chi connectivity index (χ0v) is 10.0. The van der Waals surface area contributed by atoms with Crippen molar-refractivity contribution in [2.45, 2.75) is 6.54 Å². The van der Waals surface area contributed by atoms with Gasteiger partial charge in [-0.2, -0.15) is 11.8 Å². The number of rotatable bonds is 2. The van der Waals surface area contributed by atoms with Gasteiger partial charge in [0.25, 0.3) is 0 Å². The van der Waals surface area contributed by atoms with E-state index in [2.05, 4.69) is 9.88 Å². The molecule has 0 aliphatic carbocycles. The molecule has 3 nitrogen and oxygen atoms in total. The predicted octanol–water partition coefficient (Wildman–Crippen LogP) is 1.75. The summed E-state index contributed by atoms with van der Waals surface area (Å²) in [6.07, 6.45) is 1.78. The topological polar surface area (TPSA) is 42.1 Å². The lowest BCUT2D eigenvalue weighted by atomic mass is 10.2. The van der Waals surface area contributed by atoms with Crippen LogP contribution in [0.15, 0.2) is 12.3 Å². The van der Waals surface area contributed by atoms with E-state index in [-0.39, 0.29) is 0 Å². The van der Waals surface area contributed by atoms with Crippen LogP contribution in [-0.2, 0) is 6.54 Å². The van der Waals surface area contributed by atoms with Gasteiger partial charge in [0.1, 0.15) is 5.82 Å². The maximum Gasteiger partial charge on any atom is 0.147 e. The van der Waals surface area contributed by atoms with Crippen LogP contribution in [0.3, 0.4) is 0 Å². The van der Waals surface area contributed by atoms with Gasteiger partial charge in [0, 0.05) is 37.3 Å². The van der Waals surface area contributed by atoms with Crippen molar-refractivity contribution < 1.29 is 0 Å². The van der Waals surface area contributed by atoms with Crippen LogP contribution in [-0.4, -0.2) is 29.6 Å². The molecule has 1 fully saturated rings. The Morgan fingerprint density at radius 1 is 1.47 bits per heavy atom. The second-order valence-electron chi connectivity index (χ2n) is 3.41. The molecule has 0 aromatic carbocycles. The van der Waals surface area contributed by atoms with Crippen molar-refractivity contribution in [2.24, 2.45) is 5.73 Å². The largest absolute Gasteiger partial charge is 0.354 e. The summed E-state index contributed by atoms with van der Waals surface area (Å²) in [6, 6.07) is 1.88. The number of aromatic nitrogens is 1. The fraction of sp³-hybridized carbons (Fsp3) is 0.500. The minimum Gasteiger partial charge on any atom is -0.354 e. The quantitative estimate of drug-likeness (QED) is 0.860. The van der Waals surface area contributed by atoms with E-state index < -0.39 is 0 Å². The third kappa shape index (κ3) is 2.38. The Morgan fingerprint density at radius 3 is 2.87 bits per heavy atom. The molecule has 1 aliphatic heterocycles. The Bertz CT molecular complexity index is 339. The van der Waals surface area contributed by atoms with Gasteiger partial charge in [-0.1, -0.05) is 11.6 Å². The zero-order chi connectivity index (χ0) is 10.7. The van der Waals surface area contributed by atoms with Gasteiger partial charge in [-0.3, -0.25) is 0 Å². The van der Waals surface area contributed by atoms with Gasteiger partial charge < -0.3 is 10.6 Å². The second kappa shape index (κ2) is 5.05. The molecule has 15 heavy (non-hydrogen) atoms. The van der Waals surface area contributed by atoms with Gasteiger partial charge in [-0.15, -0.1) is 0 Å². The van der Waals surface area contributed by atoms with Crippen molar-refractivity contribution in [2.75, 3.05) is 29.5 Å². The number of halogens is 1. The predicted molar refractivity (Wildman–Crippen MR) is 66.7 cm³/mol. The molecule has 1 aromatic heterocycles. The Labute approximate surface area is 99.0 Å². The van der Waals surface area contributed by atoms with E-state index in [1.165, 1.54) is 0 Å². The molecule has 1 aromatic rings. The standard InChI is InChI=1S/C10H14ClN3S/c11-9-8(7-12)1-2-13-10(9)14-3-5-15-6-4-14/h1-2H,3-7,12H2. The monoisotopic (exact) mass is 243 g/mol. The van der Waals surface area contributed by atoms with Gasteiger partial charge in [0.2, 0.25) is 0 Å². The summed E-state index contributed by atoms with van der Waals surface area (Å²) in [4.78, 5) is 6.57. The number of nitrogens with two attached hydrogens (primary N) is 1. The fourth-order valence-electron chi connectivity index (χ4n) is 1.62. The molecule has 2 rings (SSSR count). The van der Waals surface area contributed by atoms with Crippen LogP contribution in [0.25, 0.3) is 0 Å². The van der Waals surface area contributed by atoms with Crippen LogP contribution in [0.2, 0.25) is 5.02 Å². The average Bonchev–Trinajstić information content (AvgIpc) is 2.30. The SMILES string of the molecule is NCc1ccnc(N2CCSCC2)c1Cl. The summed E-state index contributed by atoms with van der Waals surface area (Å²) in [5.41, 5.74) is 6.59. The number of hydrogen-bond acceptors (Lipinski definition) is 4. The van der Waals surface area contributed by atoms with Crippen LogP contribution >= 0.6 is 23.4 Å². The lowest BCUT2D eigenvalue weighted by Crippen LogP contribution is -2.33. The van der Waals surface area contributed by atoms with Gasteiger partial charge in [0.15, 0.2) is 0 Å².